The summed E-state index contributed by atoms with van der Waals surface area (Å²) in [6, 6.07) is 0. The largest absolute Gasteiger partial charge is 0.506 e. The van der Waals surface area contributed by atoms with Gasteiger partial charge in [-0.2, -0.15) is 4.98 Å². The second kappa shape index (κ2) is 9.94. The molecule has 0 aromatic carbocycles. The number of nitrogens with one attached hydrogen (secondary N) is 2. The van der Waals surface area contributed by atoms with Crippen molar-refractivity contribution < 1.29 is 23.9 Å². The Balaban J connectivity index is 2.07. The summed E-state index contributed by atoms with van der Waals surface area (Å²) in [4.78, 5) is 47.7. The molecule has 194 valence electrons. The maximum Gasteiger partial charge on any atom is 0.506 e. The molecule has 1 fully saturated rings. The molecule has 35 heavy (non-hydrogen) atoms. The molecule has 0 saturated carbocycles. The summed E-state index contributed by atoms with van der Waals surface area (Å²) in [5, 5.41) is 11.5. The number of aromatic nitrogens is 4. The van der Waals surface area contributed by atoms with Crippen LogP contribution in [0.4, 0.5) is 10.7 Å². The SMILES string of the molecule is CC[C@H]1S[C@@H](n2cnc3c(=O)[nH]c(NC(=O)C(C)C)nc32)[C@H](OC(=O)O)[C@@H]1O[Si](C)(C)C(C)(C)C. The van der Waals surface area contributed by atoms with Crippen molar-refractivity contribution in [2.45, 2.75) is 88.9 Å². The van der Waals surface area contributed by atoms with Gasteiger partial charge in [-0.25, -0.2) is 9.78 Å². The molecular weight excluding hydrogens is 490 g/mol. The highest BCUT2D eigenvalue weighted by molar-refractivity contribution is 8.00. The Hall–Kier alpha value is -2.38. The third-order valence-electron chi connectivity index (χ3n) is 6.63. The number of ether oxygens (including phenoxy) is 1. The summed E-state index contributed by atoms with van der Waals surface area (Å²) in [6.45, 7) is 16.1. The number of nitrogens with zero attached hydrogens (tertiary/aromatic N) is 3. The Morgan fingerprint density at radius 2 is 1.97 bits per heavy atom. The third kappa shape index (κ3) is 5.56. The van der Waals surface area contributed by atoms with Gasteiger partial charge >= 0.3 is 6.16 Å². The van der Waals surface area contributed by atoms with E-state index in [1.165, 1.54) is 18.1 Å². The molecule has 3 N–H and O–H groups in total. The first kappa shape index (κ1) is 27.2. The average Bonchev–Trinajstić information content (AvgIpc) is 3.28. The zero-order chi connectivity index (χ0) is 26.3. The normalized spacial score (nSPS) is 23.1. The third-order valence-corrected chi connectivity index (χ3v) is 12.8. The summed E-state index contributed by atoms with van der Waals surface area (Å²) >= 11 is 1.52. The van der Waals surface area contributed by atoms with Crippen LogP contribution in [-0.2, 0) is 14.0 Å². The standard InChI is InChI=1S/C22H35N5O6SSi/c1-9-12-14(33-35(7,8)22(4,5)6)15(32-21(30)31)19(34-12)27-10-23-13-16(27)24-20(26-18(13)29)25-17(28)11(2)3/h10-12,14-15,19H,9H2,1-8H3,(H,30,31)(H2,24,25,26,28,29)/t12-,14-,15-,19-/m1/s1. The van der Waals surface area contributed by atoms with Crippen LogP contribution in [0.15, 0.2) is 11.1 Å². The van der Waals surface area contributed by atoms with Crippen LogP contribution in [0.3, 0.4) is 0 Å². The van der Waals surface area contributed by atoms with Crippen molar-refractivity contribution in [3.05, 3.63) is 16.7 Å². The number of amides is 1. The molecule has 0 bridgehead atoms. The van der Waals surface area contributed by atoms with Crippen LogP contribution in [0.1, 0.15) is 53.3 Å². The molecule has 3 heterocycles. The van der Waals surface area contributed by atoms with E-state index in [4.69, 9.17) is 9.16 Å². The second-order valence-electron chi connectivity index (χ2n) is 10.5. The summed E-state index contributed by atoms with van der Waals surface area (Å²) in [5.74, 6) is -0.601. The van der Waals surface area contributed by atoms with Crippen LogP contribution in [0.2, 0.25) is 18.1 Å². The van der Waals surface area contributed by atoms with Crippen LogP contribution in [0.25, 0.3) is 11.2 Å². The number of carbonyl (C=O) groups is 2. The predicted molar refractivity (Wildman–Crippen MR) is 137 cm³/mol. The van der Waals surface area contributed by atoms with E-state index in [0.717, 1.165) is 6.42 Å². The van der Waals surface area contributed by atoms with Gasteiger partial charge in [0.25, 0.3) is 5.56 Å². The van der Waals surface area contributed by atoms with Gasteiger partial charge in [-0.1, -0.05) is 41.5 Å². The van der Waals surface area contributed by atoms with Crippen LogP contribution in [0.5, 0.6) is 0 Å². The molecule has 0 radical (unpaired) electrons. The highest BCUT2D eigenvalue weighted by atomic mass is 32.2. The number of hydrogen-bond acceptors (Lipinski definition) is 8. The van der Waals surface area contributed by atoms with E-state index < -0.39 is 37.6 Å². The van der Waals surface area contributed by atoms with Crippen LogP contribution in [-0.4, -0.2) is 62.5 Å². The zero-order valence-corrected chi connectivity index (χ0v) is 23.2. The number of anilines is 1. The first-order valence-electron chi connectivity index (χ1n) is 11.7. The minimum atomic E-state index is -2.27. The Morgan fingerprint density at radius 3 is 2.51 bits per heavy atom. The Morgan fingerprint density at radius 1 is 1.31 bits per heavy atom. The van der Waals surface area contributed by atoms with E-state index in [1.807, 2.05) is 6.92 Å². The van der Waals surface area contributed by atoms with Gasteiger partial charge in [0.15, 0.2) is 25.6 Å². The highest BCUT2D eigenvalue weighted by Crippen LogP contribution is 2.49. The molecule has 0 aliphatic carbocycles. The van der Waals surface area contributed by atoms with E-state index in [1.54, 1.807) is 18.4 Å². The number of H-pyrrole nitrogens is 1. The number of imidazole rings is 1. The molecular formula is C22H35N5O6SSi. The van der Waals surface area contributed by atoms with E-state index in [2.05, 4.69) is 54.1 Å². The lowest BCUT2D eigenvalue weighted by atomic mass is 10.1. The Bertz CT molecular complexity index is 1160. The number of carboxylic acid groups (broad SMARTS) is 1. The van der Waals surface area contributed by atoms with Crippen molar-refractivity contribution in [2.75, 3.05) is 5.32 Å². The zero-order valence-electron chi connectivity index (χ0n) is 21.4. The van der Waals surface area contributed by atoms with Crippen LogP contribution < -0.4 is 10.9 Å². The molecule has 4 atom stereocenters. The Labute approximate surface area is 209 Å². The van der Waals surface area contributed by atoms with Gasteiger partial charge in [0.1, 0.15) is 5.37 Å². The topological polar surface area (TPSA) is 148 Å². The van der Waals surface area contributed by atoms with Gasteiger partial charge in [-0.15, -0.1) is 11.8 Å². The van der Waals surface area contributed by atoms with Gasteiger partial charge in [0, 0.05) is 11.2 Å². The number of carbonyl (C=O) groups excluding carboxylic acids is 1. The molecule has 2 aromatic rings. The minimum Gasteiger partial charge on any atom is -0.450 e. The minimum absolute atomic E-state index is 0.00256. The summed E-state index contributed by atoms with van der Waals surface area (Å²) in [7, 11) is -2.27. The number of hydrogen-bond donors (Lipinski definition) is 3. The summed E-state index contributed by atoms with van der Waals surface area (Å²) < 4.78 is 13.8. The van der Waals surface area contributed by atoms with Crippen molar-refractivity contribution in [2.24, 2.45) is 5.92 Å². The lowest BCUT2D eigenvalue weighted by molar-refractivity contribution is -0.118. The van der Waals surface area contributed by atoms with Crippen molar-refractivity contribution in [3.8, 4) is 0 Å². The molecule has 1 aliphatic rings. The maximum atomic E-state index is 12.6. The molecule has 3 rings (SSSR count). The van der Waals surface area contributed by atoms with Gasteiger partial charge in [0.2, 0.25) is 11.9 Å². The molecule has 1 saturated heterocycles. The fourth-order valence-corrected chi connectivity index (χ4v) is 6.59. The maximum absolute atomic E-state index is 12.6. The van der Waals surface area contributed by atoms with Gasteiger partial charge in [-0.3, -0.25) is 24.5 Å². The van der Waals surface area contributed by atoms with E-state index in [-0.39, 0.29) is 39.2 Å². The van der Waals surface area contributed by atoms with Crippen molar-refractivity contribution in [1.82, 2.24) is 19.5 Å². The monoisotopic (exact) mass is 525 g/mol. The molecule has 13 heteroatoms. The molecule has 0 spiro atoms. The quantitative estimate of drug-likeness (QED) is 0.357. The first-order valence-corrected chi connectivity index (χ1v) is 15.5. The number of aromatic amines is 1. The predicted octanol–water partition coefficient (Wildman–Crippen LogP) is 4.19. The van der Waals surface area contributed by atoms with Crippen LogP contribution >= 0.6 is 11.8 Å². The Kier molecular flexibility index (Phi) is 7.72. The van der Waals surface area contributed by atoms with Crippen LogP contribution in [0, 0.1) is 5.92 Å². The molecule has 1 aliphatic heterocycles. The second-order valence-corrected chi connectivity index (χ2v) is 16.7. The van der Waals surface area contributed by atoms with Gasteiger partial charge < -0.3 is 14.3 Å². The molecule has 0 unspecified atom stereocenters. The van der Waals surface area contributed by atoms with Gasteiger partial charge in [-0.05, 0) is 24.6 Å². The number of rotatable bonds is 7. The molecule has 11 nitrogen and oxygen atoms in total. The van der Waals surface area contributed by atoms with E-state index in [0.29, 0.717) is 0 Å². The van der Waals surface area contributed by atoms with Crippen molar-refractivity contribution in [1.29, 1.82) is 0 Å². The van der Waals surface area contributed by atoms with Crippen molar-refractivity contribution >= 4 is 49.3 Å². The summed E-state index contributed by atoms with van der Waals surface area (Å²) in [5.41, 5.74) is -0.191. The fourth-order valence-electron chi connectivity index (χ4n) is 3.59. The van der Waals surface area contributed by atoms with Gasteiger partial charge in [0.05, 0.1) is 12.4 Å². The van der Waals surface area contributed by atoms with E-state index >= 15 is 0 Å². The number of fused-ring (bicyclic) bond motifs is 1. The first-order chi connectivity index (χ1) is 16.2. The smallest absolute Gasteiger partial charge is 0.450 e. The van der Waals surface area contributed by atoms with Crippen molar-refractivity contribution in [3.63, 3.8) is 0 Å². The lowest BCUT2D eigenvalue weighted by Gasteiger charge is -2.40. The summed E-state index contributed by atoms with van der Waals surface area (Å²) in [6.07, 6.45) is -0.536. The molecule has 2 aromatic heterocycles. The lowest BCUT2D eigenvalue weighted by Crippen LogP contribution is -2.49. The fraction of sp³-hybridized carbons (Fsp3) is 0.682. The highest BCUT2D eigenvalue weighted by Gasteiger charge is 2.52. The molecule has 1 amide bonds. The average molecular weight is 526 g/mol. The van der Waals surface area contributed by atoms with E-state index in [9.17, 15) is 19.5 Å². The number of thioether (sulfide) groups is 1.